The van der Waals surface area contributed by atoms with Crippen LogP contribution in [0.15, 0.2) is 35.3 Å². The molecule has 0 amide bonds. The van der Waals surface area contributed by atoms with Crippen LogP contribution in [0, 0.1) is 12.5 Å². The summed E-state index contributed by atoms with van der Waals surface area (Å²) in [5, 5.41) is 2.86. The van der Waals surface area contributed by atoms with Gasteiger partial charge in [0.1, 0.15) is 0 Å². The van der Waals surface area contributed by atoms with E-state index in [4.69, 9.17) is 10.8 Å². The quantitative estimate of drug-likeness (QED) is 0.553. The Morgan fingerprint density at radius 2 is 2.41 bits per heavy atom. The molecule has 0 aromatic carbocycles. The lowest BCUT2D eigenvalue weighted by atomic mass is 10.3. The summed E-state index contributed by atoms with van der Waals surface area (Å²) in [5.41, 5.74) is 1.77. The third-order valence-electron chi connectivity index (χ3n) is 2.29. The molecule has 1 N–H and O–H groups in total. The fourth-order valence-corrected chi connectivity index (χ4v) is 2.61. The molecule has 0 saturated carbocycles. The van der Waals surface area contributed by atoms with Crippen LogP contribution in [-0.4, -0.2) is 9.97 Å². The standard InChI is InChI=1S/C12H7N3OS/c1-2-14-8-3-4-15-9-5-11(17-12(8)9)10-6-13-7-16-10/h1,3-7H,(H,14,15). The highest BCUT2D eigenvalue weighted by molar-refractivity contribution is 7.22. The van der Waals surface area contributed by atoms with E-state index in [1.54, 1.807) is 23.7 Å². The molecule has 0 atom stereocenters. The molecule has 0 aliphatic carbocycles. The smallest absolute Gasteiger partial charge is 0.181 e. The Bertz CT molecular complexity index is 694. The van der Waals surface area contributed by atoms with Crippen molar-refractivity contribution in [1.29, 1.82) is 0 Å². The van der Waals surface area contributed by atoms with Crippen molar-refractivity contribution in [3.05, 3.63) is 30.9 Å². The normalized spacial score (nSPS) is 10.3. The summed E-state index contributed by atoms with van der Waals surface area (Å²) in [7, 11) is 0. The third-order valence-corrected chi connectivity index (χ3v) is 3.47. The second-order valence-electron chi connectivity index (χ2n) is 3.32. The number of nitrogens with one attached hydrogen (secondary N) is 1. The molecule has 3 aromatic rings. The Morgan fingerprint density at radius 1 is 1.47 bits per heavy atom. The minimum atomic E-state index is 0.736. The van der Waals surface area contributed by atoms with Crippen LogP contribution in [0.4, 0.5) is 5.69 Å². The maximum absolute atomic E-state index is 5.26. The largest absolute Gasteiger partial charge is 0.443 e. The van der Waals surface area contributed by atoms with Crippen molar-refractivity contribution in [2.75, 3.05) is 5.32 Å². The van der Waals surface area contributed by atoms with Crippen molar-refractivity contribution >= 4 is 27.2 Å². The molecule has 0 fully saturated rings. The molecule has 3 aromatic heterocycles. The number of anilines is 1. The maximum Gasteiger partial charge on any atom is 0.181 e. The van der Waals surface area contributed by atoms with E-state index in [0.29, 0.717) is 0 Å². The molecule has 0 radical (unpaired) electrons. The lowest BCUT2D eigenvalue weighted by Gasteiger charge is -1.97. The van der Waals surface area contributed by atoms with Gasteiger partial charge in [-0.1, -0.05) is 6.42 Å². The number of rotatable bonds is 2. The molecule has 0 bridgehead atoms. The van der Waals surface area contributed by atoms with Crippen LogP contribution in [0.1, 0.15) is 0 Å². The SMILES string of the molecule is C#CNc1ccnc2cc(-c3cnco3)sc12. The van der Waals surface area contributed by atoms with Crippen molar-refractivity contribution in [3.8, 4) is 23.1 Å². The number of oxazole rings is 1. The van der Waals surface area contributed by atoms with Crippen molar-refractivity contribution in [3.63, 3.8) is 0 Å². The topological polar surface area (TPSA) is 51.0 Å². The Kier molecular flexibility index (Phi) is 2.28. The predicted molar refractivity (Wildman–Crippen MR) is 67.6 cm³/mol. The van der Waals surface area contributed by atoms with E-state index in [2.05, 4.69) is 21.3 Å². The Morgan fingerprint density at radius 3 is 3.18 bits per heavy atom. The molecule has 0 spiro atoms. The van der Waals surface area contributed by atoms with Crippen LogP contribution in [-0.2, 0) is 0 Å². The molecule has 17 heavy (non-hydrogen) atoms. The molecule has 0 aliphatic heterocycles. The zero-order valence-corrected chi connectivity index (χ0v) is 9.49. The monoisotopic (exact) mass is 241 g/mol. The van der Waals surface area contributed by atoms with Gasteiger partial charge in [0.2, 0.25) is 0 Å². The molecule has 0 saturated heterocycles. The number of hydrogen-bond acceptors (Lipinski definition) is 5. The number of terminal acetylenes is 1. The summed E-state index contributed by atoms with van der Waals surface area (Å²) in [6.45, 7) is 0. The highest BCUT2D eigenvalue weighted by Gasteiger charge is 2.10. The number of pyridine rings is 1. The average molecular weight is 241 g/mol. The van der Waals surface area contributed by atoms with Crippen LogP contribution in [0.25, 0.3) is 20.9 Å². The van der Waals surface area contributed by atoms with Crippen LogP contribution in [0.5, 0.6) is 0 Å². The predicted octanol–water partition coefficient (Wildman–Crippen LogP) is 2.95. The highest BCUT2D eigenvalue weighted by atomic mass is 32.1. The van der Waals surface area contributed by atoms with Crippen LogP contribution in [0.2, 0.25) is 0 Å². The highest BCUT2D eigenvalue weighted by Crippen LogP contribution is 2.36. The number of nitrogens with zero attached hydrogens (tertiary/aromatic N) is 2. The van der Waals surface area contributed by atoms with E-state index < -0.39 is 0 Å². The first-order valence-electron chi connectivity index (χ1n) is 4.87. The summed E-state index contributed by atoms with van der Waals surface area (Å²) in [4.78, 5) is 9.18. The molecular weight excluding hydrogens is 234 g/mol. The van der Waals surface area contributed by atoms with Gasteiger partial charge in [-0.3, -0.25) is 4.98 Å². The van der Waals surface area contributed by atoms with Gasteiger partial charge < -0.3 is 9.73 Å². The average Bonchev–Trinajstić information content (AvgIpc) is 2.98. The summed E-state index contributed by atoms with van der Waals surface area (Å²) < 4.78 is 6.27. The van der Waals surface area contributed by atoms with Gasteiger partial charge in [0.05, 0.1) is 27.0 Å². The summed E-state index contributed by atoms with van der Waals surface area (Å²) in [5.74, 6) is 0.736. The zero-order chi connectivity index (χ0) is 11.7. The molecule has 3 heterocycles. The lowest BCUT2D eigenvalue weighted by Crippen LogP contribution is -1.87. The van der Waals surface area contributed by atoms with Crippen molar-refractivity contribution < 1.29 is 4.42 Å². The third kappa shape index (κ3) is 1.65. The first kappa shape index (κ1) is 9.87. The molecule has 3 rings (SSSR count). The zero-order valence-electron chi connectivity index (χ0n) is 8.68. The van der Waals surface area contributed by atoms with E-state index in [1.165, 1.54) is 6.39 Å². The van der Waals surface area contributed by atoms with E-state index in [9.17, 15) is 0 Å². The van der Waals surface area contributed by atoms with Crippen molar-refractivity contribution in [2.24, 2.45) is 0 Å². The van der Waals surface area contributed by atoms with Gasteiger partial charge in [0.15, 0.2) is 12.2 Å². The molecule has 82 valence electrons. The van der Waals surface area contributed by atoms with Gasteiger partial charge in [-0.15, -0.1) is 11.3 Å². The fourth-order valence-electron chi connectivity index (χ4n) is 1.57. The van der Waals surface area contributed by atoms with E-state index in [1.807, 2.05) is 12.1 Å². The van der Waals surface area contributed by atoms with E-state index in [-0.39, 0.29) is 0 Å². The Labute approximate surface area is 101 Å². The summed E-state index contributed by atoms with van der Waals surface area (Å²) >= 11 is 1.57. The van der Waals surface area contributed by atoms with Gasteiger partial charge in [0.25, 0.3) is 0 Å². The number of hydrogen-bond donors (Lipinski definition) is 1. The number of aromatic nitrogens is 2. The van der Waals surface area contributed by atoms with E-state index >= 15 is 0 Å². The maximum atomic E-state index is 5.26. The first-order chi connectivity index (χ1) is 8.38. The van der Waals surface area contributed by atoms with Gasteiger partial charge in [-0.05, 0) is 12.1 Å². The van der Waals surface area contributed by atoms with Gasteiger partial charge in [-0.25, -0.2) is 4.98 Å². The second-order valence-corrected chi connectivity index (χ2v) is 4.37. The molecule has 0 unspecified atom stereocenters. The van der Waals surface area contributed by atoms with E-state index in [0.717, 1.165) is 26.5 Å². The van der Waals surface area contributed by atoms with Gasteiger partial charge in [-0.2, -0.15) is 0 Å². The molecule has 4 nitrogen and oxygen atoms in total. The molecular formula is C12H7N3OS. The fraction of sp³-hybridized carbons (Fsp3) is 0. The lowest BCUT2D eigenvalue weighted by molar-refractivity contribution is 0.573. The number of thiophene rings is 1. The molecule has 0 aliphatic rings. The number of fused-ring (bicyclic) bond motifs is 1. The van der Waals surface area contributed by atoms with Crippen molar-refractivity contribution in [1.82, 2.24) is 9.97 Å². The Balaban J connectivity index is 2.19. The minimum absolute atomic E-state index is 0.736. The minimum Gasteiger partial charge on any atom is -0.443 e. The second kappa shape index (κ2) is 3.92. The van der Waals surface area contributed by atoms with Crippen LogP contribution < -0.4 is 5.32 Å². The first-order valence-corrected chi connectivity index (χ1v) is 5.69. The van der Waals surface area contributed by atoms with Gasteiger partial charge >= 0.3 is 0 Å². The van der Waals surface area contributed by atoms with Crippen molar-refractivity contribution in [2.45, 2.75) is 0 Å². The summed E-state index contributed by atoms with van der Waals surface area (Å²) in [6.07, 6.45) is 10.1. The Hall–Kier alpha value is -2.32. The summed E-state index contributed by atoms with van der Waals surface area (Å²) in [6, 6.07) is 6.22. The van der Waals surface area contributed by atoms with Gasteiger partial charge in [0, 0.05) is 12.2 Å². The molecule has 5 heteroatoms. The van der Waals surface area contributed by atoms with Crippen LogP contribution >= 0.6 is 11.3 Å². The van der Waals surface area contributed by atoms with Crippen LogP contribution in [0.3, 0.4) is 0 Å².